The van der Waals surface area contributed by atoms with Crippen LogP contribution in [0.2, 0.25) is 5.02 Å². The number of halogens is 1. The Bertz CT molecular complexity index is 832. The zero-order chi connectivity index (χ0) is 18.8. The Labute approximate surface area is 168 Å². The summed E-state index contributed by atoms with van der Waals surface area (Å²) in [5.41, 5.74) is 1.27. The van der Waals surface area contributed by atoms with Gasteiger partial charge >= 0.3 is 0 Å². The molecule has 0 radical (unpaired) electrons. The highest BCUT2D eigenvalue weighted by Crippen LogP contribution is 2.30. The molecule has 0 spiro atoms. The molecule has 2 amide bonds. The first-order chi connectivity index (χ1) is 13.1. The quantitative estimate of drug-likeness (QED) is 0.847. The fourth-order valence-corrected chi connectivity index (χ4v) is 4.80. The van der Waals surface area contributed by atoms with Crippen LogP contribution >= 0.6 is 22.9 Å². The van der Waals surface area contributed by atoms with Crippen LogP contribution in [0.25, 0.3) is 0 Å². The van der Waals surface area contributed by atoms with E-state index in [2.05, 4.69) is 17.5 Å². The van der Waals surface area contributed by atoms with Crippen LogP contribution in [-0.4, -0.2) is 49.4 Å². The maximum atomic E-state index is 13.0. The van der Waals surface area contributed by atoms with E-state index in [1.165, 1.54) is 9.78 Å². The summed E-state index contributed by atoms with van der Waals surface area (Å²) in [6.07, 6.45) is 1.38. The number of nitrogens with one attached hydrogen (secondary N) is 1. The van der Waals surface area contributed by atoms with Crippen LogP contribution in [0.1, 0.15) is 28.1 Å². The van der Waals surface area contributed by atoms with Crippen LogP contribution < -0.4 is 9.80 Å². The number of benzene rings is 1. The summed E-state index contributed by atoms with van der Waals surface area (Å²) < 4.78 is 0. The zero-order valence-electron chi connectivity index (χ0n) is 15.1. The van der Waals surface area contributed by atoms with Crippen molar-refractivity contribution in [2.45, 2.75) is 19.4 Å². The molecule has 2 saturated heterocycles. The second-order valence-electron chi connectivity index (χ2n) is 7.11. The third-order valence-electron chi connectivity index (χ3n) is 5.32. The summed E-state index contributed by atoms with van der Waals surface area (Å²) in [4.78, 5) is 31.5. The number of nitrogens with zero attached hydrogens (tertiary/aromatic N) is 2. The second kappa shape index (κ2) is 8.00. The number of quaternary nitrogens is 1. The van der Waals surface area contributed by atoms with Gasteiger partial charge in [0, 0.05) is 18.5 Å². The molecular formula is C20H23ClN3O2S+. The van der Waals surface area contributed by atoms with Crippen molar-refractivity contribution in [3.05, 3.63) is 51.2 Å². The highest BCUT2D eigenvalue weighted by Gasteiger charge is 2.27. The van der Waals surface area contributed by atoms with Gasteiger partial charge in [-0.05, 0) is 36.1 Å². The molecule has 0 aliphatic carbocycles. The summed E-state index contributed by atoms with van der Waals surface area (Å²) in [6, 6.07) is 9.53. The number of piperazine rings is 1. The molecule has 5 nitrogen and oxygen atoms in total. The van der Waals surface area contributed by atoms with Crippen molar-refractivity contribution in [2.24, 2.45) is 0 Å². The Balaban J connectivity index is 1.42. The van der Waals surface area contributed by atoms with E-state index in [-0.39, 0.29) is 11.8 Å². The van der Waals surface area contributed by atoms with E-state index in [1.807, 2.05) is 4.90 Å². The average molecular weight is 405 g/mol. The van der Waals surface area contributed by atoms with Gasteiger partial charge in [0.15, 0.2) is 0 Å². The minimum Gasteiger partial charge on any atom is -0.328 e. The monoisotopic (exact) mass is 404 g/mol. The Hall–Kier alpha value is -1.89. The first-order valence-corrected chi connectivity index (χ1v) is 10.6. The first-order valence-electron chi connectivity index (χ1n) is 9.37. The highest BCUT2D eigenvalue weighted by molar-refractivity contribution is 7.09. The number of amides is 2. The molecule has 1 N–H and O–H groups in total. The van der Waals surface area contributed by atoms with Gasteiger partial charge in [0.1, 0.15) is 6.54 Å². The number of hydrogen-bond acceptors (Lipinski definition) is 3. The normalized spacial score (nSPS) is 18.3. The van der Waals surface area contributed by atoms with E-state index in [1.54, 1.807) is 34.4 Å². The highest BCUT2D eigenvalue weighted by atomic mass is 35.5. The Morgan fingerprint density at radius 2 is 2.00 bits per heavy atom. The number of carbonyl (C=O) groups is 2. The predicted molar refractivity (Wildman–Crippen MR) is 108 cm³/mol. The molecule has 2 aliphatic heterocycles. The lowest BCUT2D eigenvalue weighted by atomic mass is 10.1. The van der Waals surface area contributed by atoms with Crippen molar-refractivity contribution in [3.8, 4) is 0 Å². The van der Waals surface area contributed by atoms with Gasteiger partial charge in [-0.25, -0.2) is 0 Å². The molecule has 2 fully saturated rings. The van der Waals surface area contributed by atoms with Crippen molar-refractivity contribution in [1.82, 2.24) is 4.90 Å². The van der Waals surface area contributed by atoms with Crippen molar-refractivity contribution in [2.75, 3.05) is 37.6 Å². The number of rotatable bonds is 4. The van der Waals surface area contributed by atoms with Gasteiger partial charge in [0.05, 0.1) is 41.8 Å². The Morgan fingerprint density at radius 1 is 1.19 bits per heavy atom. The van der Waals surface area contributed by atoms with Crippen LogP contribution in [0.3, 0.4) is 0 Å². The lowest BCUT2D eigenvalue weighted by Crippen LogP contribution is -3.13. The van der Waals surface area contributed by atoms with Crippen LogP contribution in [0.4, 0.5) is 5.69 Å². The van der Waals surface area contributed by atoms with E-state index >= 15 is 0 Å². The standard InChI is InChI=1S/C20H22ClN3O2S/c21-17-6-5-15(13-18(17)24-7-1-4-19(24)25)20(26)23-10-8-22(9-11-23)14-16-3-2-12-27-16/h2-3,5-6,12-13H,1,4,7-11,14H2/p+1. The third kappa shape index (κ3) is 4.03. The van der Waals surface area contributed by atoms with Gasteiger partial charge in [0.25, 0.3) is 5.91 Å². The molecule has 0 atom stereocenters. The summed E-state index contributed by atoms with van der Waals surface area (Å²) in [7, 11) is 0. The van der Waals surface area contributed by atoms with E-state index in [0.29, 0.717) is 29.2 Å². The molecule has 1 aromatic heterocycles. The molecule has 0 bridgehead atoms. The van der Waals surface area contributed by atoms with Crippen molar-refractivity contribution in [3.63, 3.8) is 0 Å². The average Bonchev–Trinajstić information content (AvgIpc) is 3.34. The SMILES string of the molecule is O=C(c1ccc(Cl)c(N2CCCC2=O)c1)N1CC[NH+](Cc2cccs2)CC1. The van der Waals surface area contributed by atoms with E-state index in [0.717, 1.165) is 39.1 Å². The number of hydrogen-bond donors (Lipinski definition) is 1. The van der Waals surface area contributed by atoms with Crippen LogP contribution in [0, 0.1) is 0 Å². The van der Waals surface area contributed by atoms with E-state index in [9.17, 15) is 9.59 Å². The molecule has 2 aromatic rings. The fourth-order valence-electron chi connectivity index (χ4n) is 3.80. The van der Waals surface area contributed by atoms with Gasteiger partial charge in [-0.3, -0.25) is 9.59 Å². The topological polar surface area (TPSA) is 45.1 Å². The molecule has 27 heavy (non-hydrogen) atoms. The van der Waals surface area contributed by atoms with Crippen LogP contribution in [0.15, 0.2) is 35.7 Å². The number of anilines is 1. The predicted octanol–water partition coefficient (Wildman–Crippen LogP) is 2.07. The first kappa shape index (κ1) is 18.5. The molecule has 2 aliphatic rings. The van der Waals surface area contributed by atoms with Gasteiger partial charge in [0.2, 0.25) is 5.91 Å². The lowest BCUT2D eigenvalue weighted by Gasteiger charge is -2.32. The van der Waals surface area contributed by atoms with E-state index in [4.69, 9.17) is 11.6 Å². The molecule has 1 aromatic carbocycles. The number of carbonyl (C=O) groups excluding carboxylic acids is 2. The third-order valence-corrected chi connectivity index (χ3v) is 6.52. The smallest absolute Gasteiger partial charge is 0.254 e. The van der Waals surface area contributed by atoms with Crippen molar-refractivity contribution in [1.29, 1.82) is 0 Å². The van der Waals surface area contributed by atoms with Crippen molar-refractivity contribution >= 4 is 40.4 Å². The molecule has 0 unspecified atom stereocenters. The fraction of sp³-hybridized carbons (Fsp3) is 0.400. The van der Waals surface area contributed by atoms with Gasteiger partial charge in [-0.15, -0.1) is 11.3 Å². The Kier molecular flexibility index (Phi) is 5.48. The summed E-state index contributed by atoms with van der Waals surface area (Å²) in [5, 5.41) is 2.63. The maximum absolute atomic E-state index is 13.0. The molecule has 4 rings (SSSR count). The minimum absolute atomic E-state index is 0.0229. The van der Waals surface area contributed by atoms with Crippen molar-refractivity contribution < 1.29 is 14.5 Å². The van der Waals surface area contributed by atoms with Gasteiger partial charge in [-0.2, -0.15) is 0 Å². The molecule has 7 heteroatoms. The second-order valence-corrected chi connectivity index (χ2v) is 8.55. The molecular weight excluding hydrogens is 382 g/mol. The zero-order valence-corrected chi connectivity index (χ0v) is 16.7. The summed E-state index contributed by atoms with van der Waals surface area (Å²) >= 11 is 8.09. The van der Waals surface area contributed by atoms with Gasteiger partial charge < -0.3 is 14.7 Å². The largest absolute Gasteiger partial charge is 0.328 e. The maximum Gasteiger partial charge on any atom is 0.254 e. The summed E-state index contributed by atoms with van der Waals surface area (Å²) in [6.45, 7) is 5.10. The van der Waals surface area contributed by atoms with Gasteiger partial charge in [-0.1, -0.05) is 17.7 Å². The molecule has 0 saturated carbocycles. The molecule has 3 heterocycles. The minimum atomic E-state index is 0.0229. The summed E-state index contributed by atoms with van der Waals surface area (Å²) in [5.74, 6) is 0.0991. The Morgan fingerprint density at radius 3 is 2.67 bits per heavy atom. The molecule has 142 valence electrons. The van der Waals surface area contributed by atoms with Crippen LogP contribution in [0.5, 0.6) is 0 Å². The van der Waals surface area contributed by atoms with E-state index < -0.39 is 0 Å². The number of thiophene rings is 1. The van der Waals surface area contributed by atoms with Crippen LogP contribution in [-0.2, 0) is 11.3 Å². The lowest BCUT2D eigenvalue weighted by molar-refractivity contribution is -0.917.